The molecule has 7 heteroatoms. The Balaban J connectivity index is 3.09. The first-order valence-corrected chi connectivity index (χ1v) is 8.30. The molecule has 0 aliphatic heterocycles. The lowest BCUT2D eigenvalue weighted by Gasteiger charge is -2.32. The molecule has 0 bridgehead atoms. The molecule has 104 valence electrons. The number of halogens is 1. The highest BCUT2D eigenvalue weighted by Gasteiger charge is 2.33. The fraction of sp³-hybridized carbons (Fsp3) is 0.636. The number of nitrogens with two attached hydrogens (primary N) is 1. The average Bonchev–Trinajstić information content (AvgIpc) is 2.59. The molecule has 1 rings (SSSR count). The molecule has 0 aromatic carbocycles. The summed E-state index contributed by atoms with van der Waals surface area (Å²) in [6.45, 7) is 7.69. The molecule has 0 saturated heterocycles. The summed E-state index contributed by atoms with van der Waals surface area (Å²) in [6, 6.07) is 1.58. The van der Waals surface area contributed by atoms with Gasteiger partial charge in [-0.1, -0.05) is 25.4 Å². The monoisotopic (exact) mass is 310 g/mol. The van der Waals surface area contributed by atoms with Crippen molar-refractivity contribution in [2.24, 2.45) is 11.7 Å². The van der Waals surface area contributed by atoms with E-state index in [1.165, 1.54) is 0 Å². The van der Waals surface area contributed by atoms with Crippen LogP contribution < -0.4 is 10.5 Å². The standard InChI is InChI=1S/C11H19ClN2O2S2/c1-7(2)11(4,6-13)14-18(15,16)9-5-8(3)10(12)17-9/h5,7,14H,6,13H2,1-4H3. The van der Waals surface area contributed by atoms with Crippen molar-refractivity contribution in [2.75, 3.05) is 6.54 Å². The second-order valence-corrected chi connectivity index (χ2v) is 8.47. The maximum Gasteiger partial charge on any atom is 0.250 e. The van der Waals surface area contributed by atoms with Crippen LogP contribution >= 0.6 is 22.9 Å². The van der Waals surface area contributed by atoms with Gasteiger partial charge in [-0.15, -0.1) is 11.3 Å². The zero-order chi connectivity index (χ0) is 14.1. The van der Waals surface area contributed by atoms with Crippen LogP contribution in [0.3, 0.4) is 0 Å². The Hall–Kier alpha value is -0.140. The van der Waals surface area contributed by atoms with Crippen LogP contribution in [0, 0.1) is 12.8 Å². The normalized spacial score (nSPS) is 15.9. The summed E-state index contributed by atoms with van der Waals surface area (Å²) in [5.41, 5.74) is 5.78. The third-order valence-electron chi connectivity index (χ3n) is 3.17. The Bertz CT molecular complexity index is 506. The van der Waals surface area contributed by atoms with Gasteiger partial charge in [0.05, 0.1) is 4.34 Å². The van der Waals surface area contributed by atoms with E-state index in [9.17, 15) is 8.42 Å². The van der Waals surface area contributed by atoms with Gasteiger partial charge in [0.2, 0.25) is 0 Å². The predicted octanol–water partition coefficient (Wildman–Crippen LogP) is 2.36. The largest absolute Gasteiger partial charge is 0.329 e. The summed E-state index contributed by atoms with van der Waals surface area (Å²) >= 11 is 6.96. The third kappa shape index (κ3) is 3.24. The molecule has 0 aliphatic rings. The van der Waals surface area contributed by atoms with Crippen molar-refractivity contribution in [3.63, 3.8) is 0 Å². The summed E-state index contributed by atoms with van der Waals surface area (Å²) < 4.78 is 27.9. The van der Waals surface area contributed by atoms with Crippen LogP contribution in [0.4, 0.5) is 0 Å². The van der Waals surface area contributed by atoms with E-state index in [1.807, 2.05) is 13.8 Å². The lowest BCUT2D eigenvalue weighted by Crippen LogP contribution is -2.54. The van der Waals surface area contributed by atoms with Gasteiger partial charge in [-0.25, -0.2) is 13.1 Å². The van der Waals surface area contributed by atoms with Gasteiger partial charge >= 0.3 is 0 Å². The summed E-state index contributed by atoms with van der Waals surface area (Å²) in [6.07, 6.45) is 0. The first-order chi connectivity index (χ1) is 8.12. The highest BCUT2D eigenvalue weighted by atomic mass is 35.5. The molecule has 0 fully saturated rings. The number of thiophene rings is 1. The van der Waals surface area contributed by atoms with Crippen molar-refractivity contribution in [1.82, 2.24) is 4.72 Å². The summed E-state index contributed by atoms with van der Waals surface area (Å²) in [4.78, 5) is 0. The molecule has 0 amide bonds. The van der Waals surface area contributed by atoms with Crippen molar-refractivity contribution in [2.45, 2.75) is 37.4 Å². The van der Waals surface area contributed by atoms with Gasteiger partial charge in [0.15, 0.2) is 0 Å². The first-order valence-electron chi connectivity index (χ1n) is 5.62. The van der Waals surface area contributed by atoms with E-state index in [0.717, 1.165) is 16.9 Å². The molecule has 4 nitrogen and oxygen atoms in total. The Kier molecular flexibility index (Phi) is 4.83. The molecule has 0 spiro atoms. The van der Waals surface area contributed by atoms with Crippen molar-refractivity contribution in [3.05, 3.63) is 16.0 Å². The summed E-state index contributed by atoms with van der Waals surface area (Å²) in [5.74, 6) is 0.0915. The van der Waals surface area contributed by atoms with Crippen molar-refractivity contribution >= 4 is 33.0 Å². The van der Waals surface area contributed by atoms with E-state index in [2.05, 4.69) is 4.72 Å². The fourth-order valence-corrected chi connectivity index (χ4v) is 4.57. The van der Waals surface area contributed by atoms with Crippen LogP contribution in [0.2, 0.25) is 4.34 Å². The molecule has 1 atom stereocenters. The number of hydrogen-bond donors (Lipinski definition) is 2. The molecular weight excluding hydrogens is 292 g/mol. The number of hydrogen-bond acceptors (Lipinski definition) is 4. The van der Waals surface area contributed by atoms with Gasteiger partial charge in [0.1, 0.15) is 4.21 Å². The number of nitrogens with one attached hydrogen (secondary N) is 1. The van der Waals surface area contributed by atoms with Gasteiger partial charge in [-0.3, -0.25) is 0 Å². The van der Waals surface area contributed by atoms with Gasteiger partial charge < -0.3 is 5.73 Å². The molecule has 18 heavy (non-hydrogen) atoms. The fourth-order valence-electron chi connectivity index (χ4n) is 1.32. The average molecular weight is 311 g/mol. The Morgan fingerprint density at radius 2 is 2.11 bits per heavy atom. The van der Waals surface area contributed by atoms with Crippen LogP contribution in [0.25, 0.3) is 0 Å². The van der Waals surface area contributed by atoms with Crippen LogP contribution in [0.15, 0.2) is 10.3 Å². The highest BCUT2D eigenvalue weighted by Crippen LogP contribution is 2.31. The van der Waals surface area contributed by atoms with E-state index in [0.29, 0.717) is 4.34 Å². The Morgan fingerprint density at radius 3 is 2.44 bits per heavy atom. The van der Waals surface area contributed by atoms with Crippen molar-refractivity contribution in [3.8, 4) is 0 Å². The minimum atomic E-state index is -3.57. The van der Waals surface area contributed by atoms with Gasteiger partial charge in [0, 0.05) is 12.1 Å². The summed E-state index contributed by atoms with van der Waals surface area (Å²) in [5, 5.41) is 0. The van der Waals surface area contributed by atoms with Gasteiger partial charge in [0.25, 0.3) is 10.0 Å². The zero-order valence-electron chi connectivity index (χ0n) is 11.0. The zero-order valence-corrected chi connectivity index (χ0v) is 13.3. The molecular formula is C11H19ClN2O2S2. The van der Waals surface area contributed by atoms with E-state index in [-0.39, 0.29) is 16.7 Å². The van der Waals surface area contributed by atoms with Crippen LogP contribution in [0.5, 0.6) is 0 Å². The number of aryl methyl sites for hydroxylation is 1. The molecule has 1 heterocycles. The molecule has 1 unspecified atom stereocenters. The maximum atomic E-state index is 12.3. The maximum absolute atomic E-state index is 12.3. The van der Waals surface area contributed by atoms with Crippen molar-refractivity contribution < 1.29 is 8.42 Å². The molecule has 3 N–H and O–H groups in total. The van der Waals surface area contributed by atoms with E-state index in [1.54, 1.807) is 19.9 Å². The summed E-state index contributed by atoms with van der Waals surface area (Å²) in [7, 11) is -3.57. The van der Waals surface area contributed by atoms with Crippen LogP contribution in [0.1, 0.15) is 26.3 Å². The Morgan fingerprint density at radius 1 is 1.56 bits per heavy atom. The smallest absolute Gasteiger partial charge is 0.250 e. The van der Waals surface area contributed by atoms with Gasteiger partial charge in [-0.05, 0) is 31.4 Å². The minimum absolute atomic E-state index is 0.0915. The van der Waals surface area contributed by atoms with Crippen LogP contribution in [-0.4, -0.2) is 20.5 Å². The molecule has 0 aliphatic carbocycles. The minimum Gasteiger partial charge on any atom is -0.329 e. The lowest BCUT2D eigenvalue weighted by molar-refractivity contribution is 0.315. The van der Waals surface area contributed by atoms with Crippen LogP contribution in [-0.2, 0) is 10.0 Å². The number of sulfonamides is 1. The van der Waals surface area contributed by atoms with Crippen molar-refractivity contribution in [1.29, 1.82) is 0 Å². The van der Waals surface area contributed by atoms with Gasteiger partial charge in [-0.2, -0.15) is 0 Å². The quantitative estimate of drug-likeness (QED) is 0.877. The highest BCUT2D eigenvalue weighted by molar-refractivity contribution is 7.91. The SMILES string of the molecule is Cc1cc(S(=O)(=O)NC(C)(CN)C(C)C)sc1Cl. The lowest BCUT2D eigenvalue weighted by atomic mass is 9.90. The first kappa shape index (κ1) is 15.9. The Labute approximate surface area is 118 Å². The van der Waals surface area contributed by atoms with E-state index >= 15 is 0 Å². The molecule has 0 saturated carbocycles. The second kappa shape index (κ2) is 5.46. The predicted molar refractivity (Wildman–Crippen MR) is 76.7 cm³/mol. The van der Waals surface area contributed by atoms with E-state index in [4.69, 9.17) is 17.3 Å². The van der Waals surface area contributed by atoms with E-state index < -0.39 is 15.6 Å². The molecule has 1 aromatic heterocycles. The third-order valence-corrected chi connectivity index (χ3v) is 6.81. The molecule has 1 aromatic rings. The molecule has 0 radical (unpaired) electrons. The second-order valence-electron chi connectivity index (χ2n) is 4.90. The number of rotatable bonds is 5. The topological polar surface area (TPSA) is 72.2 Å².